The van der Waals surface area contributed by atoms with E-state index in [1.165, 1.54) is 24.0 Å². The van der Waals surface area contributed by atoms with Gasteiger partial charge in [-0.3, -0.25) is 4.79 Å². The molecule has 0 aliphatic rings. The quantitative estimate of drug-likeness (QED) is 0.436. The summed E-state index contributed by atoms with van der Waals surface area (Å²) in [4.78, 5) is 36.3. The zero-order valence-electron chi connectivity index (χ0n) is 11.2. The standard InChI is InChI=1S/C11H16N4O5/c1-3-20-11(17)8(2)13-10(16)4-5-14-6-9(12-7-14)15(18)19/h6-8H,3-5H2,1-2H3,(H,13,16). The molecule has 0 spiro atoms. The van der Waals surface area contributed by atoms with E-state index in [1.807, 2.05) is 0 Å². The van der Waals surface area contributed by atoms with Crippen LogP contribution in [0.5, 0.6) is 0 Å². The van der Waals surface area contributed by atoms with Crippen LogP contribution in [0.15, 0.2) is 12.5 Å². The molecule has 110 valence electrons. The molecule has 0 bridgehead atoms. The van der Waals surface area contributed by atoms with Crippen molar-refractivity contribution in [3.05, 3.63) is 22.6 Å². The zero-order valence-corrected chi connectivity index (χ0v) is 11.2. The third kappa shape index (κ3) is 4.67. The monoisotopic (exact) mass is 284 g/mol. The van der Waals surface area contributed by atoms with Gasteiger partial charge >= 0.3 is 11.8 Å². The fourth-order valence-corrected chi connectivity index (χ4v) is 1.44. The van der Waals surface area contributed by atoms with E-state index in [4.69, 9.17) is 4.74 Å². The summed E-state index contributed by atoms with van der Waals surface area (Å²) >= 11 is 0. The van der Waals surface area contributed by atoms with Gasteiger partial charge in [-0.1, -0.05) is 0 Å². The summed E-state index contributed by atoms with van der Waals surface area (Å²) in [7, 11) is 0. The minimum Gasteiger partial charge on any atom is -0.464 e. The fraction of sp³-hybridized carbons (Fsp3) is 0.545. The van der Waals surface area contributed by atoms with E-state index in [2.05, 4.69) is 10.3 Å². The Morgan fingerprint density at radius 1 is 1.60 bits per heavy atom. The van der Waals surface area contributed by atoms with E-state index in [0.717, 1.165) is 0 Å². The first kappa shape index (κ1) is 15.6. The van der Waals surface area contributed by atoms with Gasteiger partial charge in [0, 0.05) is 13.0 Å². The van der Waals surface area contributed by atoms with Crippen LogP contribution < -0.4 is 5.32 Å². The highest BCUT2D eigenvalue weighted by atomic mass is 16.6. The maximum absolute atomic E-state index is 11.6. The summed E-state index contributed by atoms with van der Waals surface area (Å²) < 4.78 is 6.19. The van der Waals surface area contributed by atoms with Crippen molar-refractivity contribution in [3.63, 3.8) is 0 Å². The second-order valence-electron chi connectivity index (χ2n) is 4.02. The SMILES string of the molecule is CCOC(=O)C(C)NC(=O)CCn1cnc([N+](=O)[O-])c1. The molecule has 9 heteroatoms. The first-order chi connectivity index (χ1) is 9.43. The molecular weight excluding hydrogens is 268 g/mol. The summed E-state index contributed by atoms with van der Waals surface area (Å²) in [5.41, 5.74) is 0. The Morgan fingerprint density at radius 3 is 2.85 bits per heavy atom. The Hall–Kier alpha value is -2.45. The van der Waals surface area contributed by atoms with Gasteiger partial charge in [-0.15, -0.1) is 0 Å². The van der Waals surface area contributed by atoms with Crippen molar-refractivity contribution in [2.75, 3.05) is 6.61 Å². The first-order valence-corrected chi connectivity index (χ1v) is 6.06. The second kappa shape index (κ2) is 7.22. The molecule has 9 nitrogen and oxygen atoms in total. The Labute approximate surface area is 115 Å². The van der Waals surface area contributed by atoms with Crippen molar-refractivity contribution in [3.8, 4) is 0 Å². The number of aromatic nitrogens is 2. The van der Waals surface area contributed by atoms with Gasteiger partial charge in [-0.05, 0) is 23.8 Å². The van der Waals surface area contributed by atoms with E-state index in [9.17, 15) is 19.7 Å². The van der Waals surface area contributed by atoms with Crippen LogP contribution in [-0.4, -0.2) is 39.0 Å². The smallest absolute Gasteiger partial charge is 0.381 e. The molecule has 1 rings (SSSR count). The third-order valence-corrected chi connectivity index (χ3v) is 2.42. The molecule has 0 radical (unpaired) electrons. The van der Waals surface area contributed by atoms with Crippen molar-refractivity contribution in [2.45, 2.75) is 32.9 Å². The van der Waals surface area contributed by atoms with E-state index in [1.54, 1.807) is 6.92 Å². The minimum absolute atomic E-state index is 0.0806. The number of rotatable bonds is 7. The molecule has 0 aromatic carbocycles. The number of esters is 1. The molecule has 0 saturated heterocycles. The molecule has 0 fully saturated rings. The number of imidazole rings is 1. The molecule has 1 amide bonds. The normalized spacial score (nSPS) is 11.7. The lowest BCUT2D eigenvalue weighted by molar-refractivity contribution is -0.389. The molecule has 1 aromatic heterocycles. The molecule has 0 aliphatic carbocycles. The van der Waals surface area contributed by atoms with Crippen molar-refractivity contribution in [1.82, 2.24) is 14.9 Å². The fourth-order valence-electron chi connectivity index (χ4n) is 1.44. The molecule has 1 heterocycles. The molecular formula is C11H16N4O5. The van der Waals surface area contributed by atoms with Gasteiger partial charge in [0.05, 0.1) is 6.61 Å². The van der Waals surface area contributed by atoms with Gasteiger partial charge in [-0.2, -0.15) is 0 Å². The van der Waals surface area contributed by atoms with Gasteiger partial charge in [0.1, 0.15) is 12.2 Å². The molecule has 0 aliphatic heterocycles. The van der Waals surface area contributed by atoms with E-state index in [-0.39, 0.29) is 31.3 Å². The zero-order chi connectivity index (χ0) is 15.1. The summed E-state index contributed by atoms with van der Waals surface area (Å²) in [5, 5.41) is 12.9. The number of aryl methyl sites for hydroxylation is 1. The Morgan fingerprint density at radius 2 is 2.30 bits per heavy atom. The molecule has 1 atom stereocenters. The maximum atomic E-state index is 11.6. The number of ether oxygens (including phenoxy) is 1. The average Bonchev–Trinajstić information content (AvgIpc) is 2.85. The highest BCUT2D eigenvalue weighted by molar-refractivity contribution is 5.84. The van der Waals surface area contributed by atoms with Crippen molar-refractivity contribution >= 4 is 17.7 Å². The van der Waals surface area contributed by atoms with Crippen LogP contribution in [0.1, 0.15) is 20.3 Å². The number of hydrogen-bond donors (Lipinski definition) is 1. The van der Waals surface area contributed by atoms with Crippen molar-refractivity contribution in [1.29, 1.82) is 0 Å². The Kier molecular flexibility index (Phi) is 5.63. The van der Waals surface area contributed by atoms with E-state index < -0.39 is 16.9 Å². The van der Waals surface area contributed by atoms with Gasteiger partial charge in [-0.25, -0.2) is 4.79 Å². The van der Waals surface area contributed by atoms with Crippen LogP contribution in [0, 0.1) is 10.1 Å². The predicted octanol–water partition coefficient (Wildman–Crippen LogP) is 0.249. The summed E-state index contributed by atoms with van der Waals surface area (Å²) in [6.45, 7) is 3.69. The lowest BCUT2D eigenvalue weighted by Crippen LogP contribution is -2.39. The number of nitro groups is 1. The summed E-state index contributed by atoms with van der Waals surface area (Å²) in [6, 6.07) is -0.723. The number of carbonyl (C=O) groups excluding carboxylic acids is 2. The summed E-state index contributed by atoms with van der Waals surface area (Å²) in [5.74, 6) is -1.12. The highest BCUT2D eigenvalue weighted by Crippen LogP contribution is 2.06. The number of nitrogens with zero attached hydrogens (tertiary/aromatic N) is 3. The highest BCUT2D eigenvalue weighted by Gasteiger charge is 2.16. The molecule has 20 heavy (non-hydrogen) atoms. The van der Waals surface area contributed by atoms with Crippen molar-refractivity contribution in [2.24, 2.45) is 0 Å². The number of amides is 1. The van der Waals surface area contributed by atoms with E-state index >= 15 is 0 Å². The largest absolute Gasteiger partial charge is 0.464 e. The Balaban J connectivity index is 2.39. The van der Waals surface area contributed by atoms with Crippen LogP contribution in [0.3, 0.4) is 0 Å². The summed E-state index contributed by atoms with van der Waals surface area (Å²) in [6.07, 6.45) is 2.60. The molecule has 1 aromatic rings. The average molecular weight is 284 g/mol. The van der Waals surface area contributed by atoms with Crippen LogP contribution in [-0.2, 0) is 20.9 Å². The van der Waals surface area contributed by atoms with Gasteiger partial charge in [0.25, 0.3) is 0 Å². The molecule has 0 saturated carbocycles. The van der Waals surface area contributed by atoms with Gasteiger partial charge in [0.15, 0.2) is 0 Å². The number of hydrogen-bond acceptors (Lipinski definition) is 6. The van der Waals surface area contributed by atoms with E-state index in [0.29, 0.717) is 0 Å². The van der Waals surface area contributed by atoms with Crippen LogP contribution >= 0.6 is 0 Å². The minimum atomic E-state index is -0.723. The number of nitrogens with one attached hydrogen (secondary N) is 1. The van der Waals surface area contributed by atoms with Crippen LogP contribution in [0.4, 0.5) is 5.82 Å². The molecule has 1 unspecified atom stereocenters. The maximum Gasteiger partial charge on any atom is 0.381 e. The first-order valence-electron chi connectivity index (χ1n) is 6.06. The van der Waals surface area contributed by atoms with Crippen LogP contribution in [0.2, 0.25) is 0 Å². The number of carbonyl (C=O) groups is 2. The topological polar surface area (TPSA) is 116 Å². The van der Waals surface area contributed by atoms with Gasteiger partial charge in [0.2, 0.25) is 12.2 Å². The second-order valence-corrected chi connectivity index (χ2v) is 4.02. The van der Waals surface area contributed by atoms with Crippen molar-refractivity contribution < 1.29 is 19.2 Å². The lowest BCUT2D eigenvalue weighted by atomic mass is 10.3. The lowest BCUT2D eigenvalue weighted by Gasteiger charge is -2.12. The molecule has 1 N–H and O–H groups in total. The van der Waals surface area contributed by atoms with Gasteiger partial charge < -0.3 is 24.7 Å². The van der Waals surface area contributed by atoms with Crippen LogP contribution in [0.25, 0.3) is 0 Å². The Bertz CT molecular complexity index is 499. The predicted molar refractivity (Wildman–Crippen MR) is 67.7 cm³/mol. The third-order valence-electron chi connectivity index (χ3n) is 2.42.